The number of para-hydroxylation sites is 1. The molecular weight excluding hydrogens is 376 g/mol. The fraction of sp³-hybridized carbons (Fsp3) is 0.200. The Kier molecular flexibility index (Phi) is 5.03. The summed E-state index contributed by atoms with van der Waals surface area (Å²) in [5.41, 5.74) is 3.82. The maximum absolute atomic E-state index is 10.4. The number of nitrogens with zero attached hydrogens (tertiary/aromatic N) is 2. The fourth-order valence-electron chi connectivity index (χ4n) is 3.84. The summed E-state index contributed by atoms with van der Waals surface area (Å²) in [5.74, 6) is 1.42. The van der Waals surface area contributed by atoms with Gasteiger partial charge in [0.15, 0.2) is 0 Å². The summed E-state index contributed by atoms with van der Waals surface area (Å²) in [6, 6.07) is 23.6. The van der Waals surface area contributed by atoms with E-state index in [1.807, 2.05) is 66.7 Å². The average Bonchev–Trinajstić information content (AvgIpc) is 2.79. The van der Waals surface area contributed by atoms with E-state index in [1.54, 1.807) is 6.20 Å². The molecule has 1 aliphatic rings. The largest absolute Gasteiger partial charge is 0.487 e. The lowest BCUT2D eigenvalue weighted by atomic mass is 9.91. The zero-order chi connectivity index (χ0) is 20.3. The molecule has 0 fully saturated rings. The second kappa shape index (κ2) is 8.13. The molecule has 0 amide bonds. The number of rotatable bonds is 5. The van der Waals surface area contributed by atoms with E-state index < -0.39 is 6.29 Å². The van der Waals surface area contributed by atoms with Crippen molar-refractivity contribution in [1.82, 2.24) is 9.97 Å². The Bertz CT molecular complexity index is 1160. The van der Waals surface area contributed by atoms with Crippen LogP contribution in [0, 0.1) is 5.92 Å². The summed E-state index contributed by atoms with van der Waals surface area (Å²) < 4.78 is 11.7. The van der Waals surface area contributed by atoms with Gasteiger partial charge in [-0.15, -0.1) is 0 Å². The van der Waals surface area contributed by atoms with E-state index in [0.717, 1.165) is 33.6 Å². The number of pyridine rings is 2. The summed E-state index contributed by atoms with van der Waals surface area (Å²) in [6.07, 6.45) is 2.30. The summed E-state index contributed by atoms with van der Waals surface area (Å²) >= 11 is 0. The molecule has 0 aliphatic carbocycles. The first-order chi connectivity index (χ1) is 14.7. The Morgan fingerprint density at radius 1 is 0.967 bits per heavy atom. The van der Waals surface area contributed by atoms with Gasteiger partial charge in [-0.1, -0.05) is 30.3 Å². The van der Waals surface area contributed by atoms with Crippen molar-refractivity contribution in [1.29, 1.82) is 0 Å². The Labute approximate surface area is 175 Å². The van der Waals surface area contributed by atoms with Crippen molar-refractivity contribution in [3.63, 3.8) is 0 Å². The highest BCUT2D eigenvalue weighted by Gasteiger charge is 2.29. The van der Waals surface area contributed by atoms with Gasteiger partial charge in [-0.05, 0) is 60.9 Å². The zero-order valence-corrected chi connectivity index (χ0v) is 16.4. The van der Waals surface area contributed by atoms with Gasteiger partial charge in [0.2, 0.25) is 6.29 Å². The van der Waals surface area contributed by atoms with Crippen LogP contribution in [0.3, 0.4) is 0 Å². The van der Waals surface area contributed by atoms with E-state index in [4.69, 9.17) is 9.47 Å². The molecular formula is C25H22N2O3. The summed E-state index contributed by atoms with van der Waals surface area (Å²) in [7, 11) is 0. The van der Waals surface area contributed by atoms with Gasteiger partial charge in [-0.3, -0.25) is 4.98 Å². The molecule has 1 aliphatic heterocycles. The molecule has 0 bridgehead atoms. The van der Waals surface area contributed by atoms with E-state index in [0.29, 0.717) is 25.2 Å². The van der Waals surface area contributed by atoms with Crippen molar-refractivity contribution in [3.05, 3.63) is 95.9 Å². The normalized spacial score (nSPS) is 17.9. The first-order valence-corrected chi connectivity index (χ1v) is 10.1. The van der Waals surface area contributed by atoms with Gasteiger partial charge >= 0.3 is 0 Å². The maximum atomic E-state index is 10.4. The van der Waals surface area contributed by atoms with E-state index in [1.165, 1.54) is 0 Å². The monoisotopic (exact) mass is 398 g/mol. The number of aromatic nitrogens is 2. The third kappa shape index (κ3) is 3.98. The number of hydrogen-bond acceptors (Lipinski definition) is 5. The minimum Gasteiger partial charge on any atom is -0.487 e. The quantitative estimate of drug-likeness (QED) is 0.542. The number of ether oxygens (including phenoxy) is 2. The van der Waals surface area contributed by atoms with E-state index in [9.17, 15) is 5.11 Å². The number of aliphatic hydroxyl groups excluding tert-OH is 1. The minimum atomic E-state index is -0.840. The van der Waals surface area contributed by atoms with Crippen LogP contribution in [0.4, 0.5) is 0 Å². The molecule has 5 nitrogen and oxygen atoms in total. The molecule has 2 aromatic heterocycles. The average molecular weight is 398 g/mol. The van der Waals surface area contributed by atoms with Gasteiger partial charge in [-0.25, -0.2) is 4.98 Å². The van der Waals surface area contributed by atoms with Gasteiger partial charge in [0.05, 0.1) is 11.2 Å². The fourth-order valence-corrected chi connectivity index (χ4v) is 3.84. The standard InChI is InChI=1S/C25H22N2O3/c28-25-19(14-20-6-3-4-12-26-20)13-18-15-22(10-11-24(18)30-25)29-16-21-9-8-17-5-1-2-7-23(17)27-21/h1-12,15,19,25,28H,13-14,16H2. The molecule has 1 N–H and O–H groups in total. The third-order valence-electron chi connectivity index (χ3n) is 5.41. The molecule has 30 heavy (non-hydrogen) atoms. The number of benzene rings is 2. The van der Waals surface area contributed by atoms with Gasteiger partial charge < -0.3 is 14.6 Å². The molecule has 2 unspecified atom stereocenters. The summed E-state index contributed by atoms with van der Waals surface area (Å²) in [5, 5.41) is 11.5. The van der Waals surface area contributed by atoms with E-state index in [2.05, 4.69) is 16.0 Å². The summed E-state index contributed by atoms with van der Waals surface area (Å²) in [4.78, 5) is 9.02. The van der Waals surface area contributed by atoms with Gasteiger partial charge in [-0.2, -0.15) is 0 Å². The molecule has 150 valence electrons. The van der Waals surface area contributed by atoms with Crippen LogP contribution in [0.2, 0.25) is 0 Å². The van der Waals surface area contributed by atoms with Crippen LogP contribution in [-0.4, -0.2) is 21.4 Å². The van der Waals surface area contributed by atoms with Crippen LogP contribution in [0.5, 0.6) is 11.5 Å². The number of hydrogen-bond donors (Lipinski definition) is 1. The number of aliphatic hydroxyl groups is 1. The van der Waals surface area contributed by atoms with Gasteiger partial charge in [0.25, 0.3) is 0 Å². The maximum Gasteiger partial charge on any atom is 0.200 e. The van der Waals surface area contributed by atoms with Gasteiger partial charge in [0, 0.05) is 23.2 Å². The molecule has 0 saturated heterocycles. The molecule has 0 radical (unpaired) electrons. The molecule has 4 aromatic rings. The van der Waals surface area contributed by atoms with Crippen LogP contribution in [0.1, 0.15) is 17.0 Å². The van der Waals surface area contributed by atoms with E-state index in [-0.39, 0.29) is 5.92 Å². The van der Waals surface area contributed by atoms with Crippen molar-refractivity contribution in [2.24, 2.45) is 5.92 Å². The molecule has 5 heteroatoms. The van der Waals surface area contributed by atoms with Crippen LogP contribution in [-0.2, 0) is 19.4 Å². The second-order valence-electron chi connectivity index (χ2n) is 7.55. The molecule has 2 aromatic carbocycles. The Balaban J connectivity index is 1.29. The molecule has 0 saturated carbocycles. The molecule has 0 spiro atoms. The Morgan fingerprint density at radius 3 is 2.77 bits per heavy atom. The van der Waals surface area contributed by atoms with Crippen molar-refractivity contribution in [2.45, 2.75) is 25.7 Å². The van der Waals surface area contributed by atoms with Crippen LogP contribution >= 0.6 is 0 Å². The van der Waals surface area contributed by atoms with Crippen LogP contribution < -0.4 is 9.47 Å². The molecule has 3 heterocycles. The SMILES string of the molecule is OC1Oc2ccc(OCc3ccc4ccccc4n3)cc2CC1Cc1ccccn1. The minimum absolute atomic E-state index is 0.0511. The van der Waals surface area contributed by atoms with Crippen molar-refractivity contribution in [3.8, 4) is 11.5 Å². The zero-order valence-electron chi connectivity index (χ0n) is 16.4. The summed E-state index contributed by atoms with van der Waals surface area (Å²) in [6.45, 7) is 0.393. The van der Waals surface area contributed by atoms with Crippen LogP contribution in [0.25, 0.3) is 10.9 Å². The van der Waals surface area contributed by atoms with Crippen LogP contribution in [0.15, 0.2) is 79.0 Å². The van der Waals surface area contributed by atoms with E-state index >= 15 is 0 Å². The predicted octanol–water partition coefficient (Wildman–Crippen LogP) is 4.32. The highest BCUT2D eigenvalue weighted by molar-refractivity contribution is 5.78. The smallest absolute Gasteiger partial charge is 0.200 e. The first-order valence-electron chi connectivity index (χ1n) is 10.1. The lowest BCUT2D eigenvalue weighted by Gasteiger charge is -2.30. The van der Waals surface area contributed by atoms with Crippen molar-refractivity contribution in [2.75, 3.05) is 0 Å². The molecule has 2 atom stereocenters. The lowest BCUT2D eigenvalue weighted by molar-refractivity contribution is -0.0728. The highest BCUT2D eigenvalue weighted by atomic mass is 16.6. The van der Waals surface area contributed by atoms with Crippen molar-refractivity contribution >= 4 is 10.9 Å². The highest BCUT2D eigenvalue weighted by Crippen LogP contribution is 2.34. The number of fused-ring (bicyclic) bond motifs is 2. The third-order valence-corrected chi connectivity index (χ3v) is 5.41. The Morgan fingerprint density at radius 2 is 1.87 bits per heavy atom. The Hall–Kier alpha value is -3.44. The van der Waals surface area contributed by atoms with Gasteiger partial charge in [0.1, 0.15) is 18.1 Å². The second-order valence-corrected chi connectivity index (χ2v) is 7.55. The van der Waals surface area contributed by atoms with Crippen molar-refractivity contribution < 1.29 is 14.6 Å². The predicted molar refractivity (Wildman–Crippen MR) is 114 cm³/mol. The topological polar surface area (TPSA) is 64.5 Å². The molecule has 5 rings (SSSR count). The lowest BCUT2D eigenvalue weighted by Crippen LogP contribution is -2.34. The first kappa shape index (κ1) is 18.6.